The van der Waals surface area contributed by atoms with Crippen molar-refractivity contribution in [1.29, 1.82) is 0 Å². The second kappa shape index (κ2) is 9.85. The third kappa shape index (κ3) is 5.47. The summed E-state index contributed by atoms with van der Waals surface area (Å²) in [4.78, 5) is 49.6. The highest BCUT2D eigenvalue weighted by atomic mass is 16.5. The molecule has 0 radical (unpaired) electrons. The van der Waals surface area contributed by atoms with E-state index in [0.717, 1.165) is 30.2 Å². The van der Waals surface area contributed by atoms with Crippen molar-refractivity contribution in [3.05, 3.63) is 11.6 Å². The quantitative estimate of drug-likeness (QED) is 0.317. The molecule has 0 aromatic rings. The number of hydrogen-bond donors (Lipinski definition) is 0. The zero-order valence-electron chi connectivity index (χ0n) is 14.5. The second-order valence-corrected chi connectivity index (χ2v) is 5.52. The zero-order valence-corrected chi connectivity index (χ0v) is 14.5. The average Bonchev–Trinajstić information content (AvgIpc) is 2.53. The second-order valence-electron chi connectivity index (χ2n) is 5.52. The molecule has 7 heteroatoms. The zero-order chi connectivity index (χ0) is 18.1. The lowest BCUT2D eigenvalue weighted by molar-refractivity contribution is -0.149. The summed E-state index contributed by atoms with van der Waals surface area (Å²) in [5, 5.41) is 0. The number of carbonyl (C=O) groups excluding carboxylic acids is 4. The van der Waals surface area contributed by atoms with Crippen LogP contribution in [0.4, 0.5) is 0 Å². The highest BCUT2D eigenvalue weighted by Gasteiger charge is 2.34. The Kier molecular flexibility index (Phi) is 8.15. The van der Waals surface area contributed by atoms with Crippen LogP contribution in [0.2, 0.25) is 0 Å². The summed E-state index contributed by atoms with van der Waals surface area (Å²) < 4.78 is 9.61. The molecule has 1 aliphatic rings. The van der Waals surface area contributed by atoms with Crippen molar-refractivity contribution in [3.8, 4) is 0 Å². The van der Waals surface area contributed by atoms with Crippen molar-refractivity contribution in [3.63, 3.8) is 0 Å². The van der Waals surface area contributed by atoms with Crippen molar-refractivity contribution in [2.24, 2.45) is 0 Å². The maximum atomic E-state index is 12.8. The van der Waals surface area contributed by atoms with E-state index in [9.17, 15) is 19.2 Å². The first-order valence-corrected chi connectivity index (χ1v) is 8.32. The van der Waals surface area contributed by atoms with Gasteiger partial charge in [-0.15, -0.1) is 0 Å². The van der Waals surface area contributed by atoms with Gasteiger partial charge < -0.3 is 9.47 Å². The van der Waals surface area contributed by atoms with Gasteiger partial charge in [0.1, 0.15) is 5.57 Å². The number of nitrogens with zero attached hydrogens (tertiary/aromatic N) is 1. The Morgan fingerprint density at radius 2 is 1.58 bits per heavy atom. The Morgan fingerprint density at radius 1 is 1.00 bits per heavy atom. The molecule has 0 heterocycles. The van der Waals surface area contributed by atoms with E-state index in [4.69, 9.17) is 9.47 Å². The van der Waals surface area contributed by atoms with E-state index in [1.807, 2.05) is 0 Å². The average molecular weight is 339 g/mol. The molecule has 0 N–H and O–H groups in total. The SMILES string of the molecule is CCOC(=O)/C=C(/C(=O)OCC)C(=O)N(C(C)=O)C1CCCCC1. The van der Waals surface area contributed by atoms with Crippen molar-refractivity contribution in [1.82, 2.24) is 4.90 Å². The maximum absolute atomic E-state index is 12.8. The number of esters is 2. The van der Waals surface area contributed by atoms with Crippen LogP contribution in [0.5, 0.6) is 0 Å². The largest absolute Gasteiger partial charge is 0.463 e. The minimum Gasteiger partial charge on any atom is -0.463 e. The van der Waals surface area contributed by atoms with Gasteiger partial charge >= 0.3 is 11.9 Å². The molecule has 134 valence electrons. The fourth-order valence-corrected chi connectivity index (χ4v) is 2.75. The van der Waals surface area contributed by atoms with Gasteiger partial charge in [-0.1, -0.05) is 19.3 Å². The third-order valence-electron chi connectivity index (χ3n) is 3.77. The summed E-state index contributed by atoms with van der Waals surface area (Å²) in [6, 6.07) is -0.260. The third-order valence-corrected chi connectivity index (χ3v) is 3.77. The van der Waals surface area contributed by atoms with Crippen LogP contribution in [0.3, 0.4) is 0 Å². The molecule has 0 unspecified atom stereocenters. The Balaban J connectivity index is 3.12. The van der Waals surface area contributed by atoms with Crippen LogP contribution in [0.1, 0.15) is 52.9 Å². The van der Waals surface area contributed by atoms with Crippen molar-refractivity contribution in [2.75, 3.05) is 13.2 Å². The number of ether oxygens (including phenoxy) is 2. The predicted molar refractivity (Wildman–Crippen MR) is 85.7 cm³/mol. The van der Waals surface area contributed by atoms with Crippen LogP contribution < -0.4 is 0 Å². The fourth-order valence-electron chi connectivity index (χ4n) is 2.75. The Morgan fingerprint density at radius 3 is 2.08 bits per heavy atom. The summed E-state index contributed by atoms with van der Waals surface area (Å²) in [6.45, 7) is 4.64. The molecule has 1 fully saturated rings. The Labute approximate surface area is 142 Å². The lowest BCUT2D eigenvalue weighted by Crippen LogP contribution is -2.46. The summed E-state index contributed by atoms with van der Waals surface area (Å²) in [7, 11) is 0. The highest BCUT2D eigenvalue weighted by molar-refractivity contribution is 6.22. The molecule has 0 saturated heterocycles. The van der Waals surface area contributed by atoms with Gasteiger partial charge in [0, 0.05) is 19.0 Å². The summed E-state index contributed by atoms with van der Waals surface area (Å²) in [5.74, 6) is -3.01. The molecule has 24 heavy (non-hydrogen) atoms. The van der Waals surface area contributed by atoms with Crippen LogP contribution in [-0.2, 0) is 28.7 Å². The first-order chi connectivity index (χ1) is 11.4. The van der Waals surface area contributed by atoms with Gasteiger partial charge in [-0.05, 0) is 26.7 Å². The van der Waals surface area contributed by atoms with Gasteiger partial charge in [-0.3, -0.25) is 14.5 Å². The molecular formula is C17H25NO6. The van der Waals surface area contributed by atoms with Crippen molar-refractivity contribution < 1.29 is 28.7 Å². The van der Waals surface area contributed by atoms with Gasteiger partial charge in [0.05, 0.1) is 13.2 Å². The van der Waals surface area contributed by atoms with Gasteiger partial charge in [0.15, 0.2) is 0 Å². The van der Waals surface area contributed by atoms with E-state index in [-0.39, 0.29) is 19.3 Å². The molecule has 0 aromatic carbocycles. The number of hydrogen-bond acceptors (Lipinski definition) is 6. The molecule has 0 aromatic heterocycles. The monoisotopic (exact) mass is 339 g/mol. The van der Waals surface area contributed by atoms with Gasteiger partial charge in [0.25, 0.3) is 5.91 Å². The van der Waals surface area contributed by atoms with E-state index in [1.54, 1.807) is 13.8 Å². The minimum atomic E-state index is -0.933. The molecule has 0 atom stereocenters. The summed E-state index contributed by atoms with van der Waals surface area (Å²) >= 11 is 0. The van der Waals surface area contributed by atoms with E-state index < -0.39 is 29.3 Å². The molecule has 0 bridgehead atoms. The van der Waals surface area contributed by atoms with E-state index in [2.05, 4.69) is 0 Å². The first-order valence-electron chi connectivity index (χ1n) is 8.32. The van der Waals surface area contributed by atoms with E-state index >= 15 is 0 Å². The molecular weight excluding hydrogens is 314 g/mol. The Bertz CT molecular complexity index is 519. The van der Waals surface area contributed by atoms with E-state index in [0.29, 0.717) is 12.8 Å². The van der Waals surface area contributed by atoms with E-state index in [1.165, 1.54) is 6.92 Å². The topological polar surface area (TPSA) is 90.0 Å². The molecule has 2 amide bonds. The van der Waals surface area contributed by atoms with Crippen LogP contribution in [0, 0.1) is 0 Å². The first kappa shape index (κ1) is 19.9. The maximum Gasteiger partial charge on any atom is 0.344 e. The molecule has 1 aliphatic carbocycles. The standard InChI is InChI=1S/C17H25NO6/c1-4-23-15(20)11-14(17(22)24-5-2)16(21)18(12(3)19)13-9-7-6-8-10-13/h11,13H,4-10H2,1-3H3/b14-11+. The van der Waals surface area contributed by atoms with Gasteiger partial charge in [0.2, 0.25) is 5.91 Å². The number of amides is 2. The number of imide groups is 1. The van der Waals surface area contributed by atoms with Crippen molar-refractivity contribution in [2.45, 2.75) is 58.9 Å². The molecule has 0 aliphatic heterocycles. The predicted octanol–water partition coefficient (Wildman–Crippen LogP) is 1.75. The van der Waals surface area contributed by atoms with Crippen LogP contribution in [0.25, 0.3) is 0 Å². The van der Waals surface area contributed by atoms with Crippen LogP contribution in [0.15, 0.2) is 11.6 Å². The number of rotatable bonds is 6. The number of carbonyl (C=O) groups is 4. The molecule has 0 spiro atoms. The lowest BCUT2D eigenvalue weighted by Gasteiger charge is -2.32. The highest BCUT2D eigenvalue weighted by Crippen LogP contribution is 2.24. The minimum absolute atomic E-state index is 0.0514. The lowest BCUT2D eigenvalue weighted by atomic mass is 9.93. The van der Waals surface area contributed by atoms with Crippen LogP contribution in [-0.4, -0.2) is 47.9 Å². The smallest absolute Gasteiger partial charge is 0.344 e. The fraction of sp³-hybridized carbons (Fsp3) is 0.647. The Hall–Kier alpha value is -2.18. The normalized spacial score (nSPS) is 15.5. The van der Waals surface area contributed by atoms with Crippen molar-refractivity contribution >= 4 is 23.8 Å². The summed E-state index contributed by atoms with van der Waals surface area (Å²) in [5.41, 5.74) is -0.476. The molecule has 7 nitrogen and oxygen atoms in total. The van der Waals surface area contributed by atoms with Gasteiger partial charge in [-0.25, -0.2) is 9.59 Å². The molecule has 1 rings (SSSR count). The van der Waals surface area contributed by atoms with Gasteiger partial charge in [-0.2, -0.15) is 0 Å². The van der Waals surface area contributed by atoms with Crippen LogP contribution >= 0.6 is 0 Å². The summed E-state index contributed by atoms with van der Waals surface area (Å²) in [6.07, 6.45) is 5.08. The molecule has 1 saturated carbocycles.